The summed E-state index contributed by atoms with van der Waals surface area (Å²) >= 11 is 0. The third-order valence-electron chi connectivity index (χ3n) is 6.40. The quantitative estimate of drug-likeness (QED) is 0.473. The second-order valence-electron chi connectivity index (χ2n) is 11.9. The molecule has 0 heterocycles. The first-order chi connectivity index (χ1) is 13.5. The Labute approximate surface area is 178 Å². The van der Waals surface area contributed by atoms with E-state index in [1.165, 1.54) is 38.5 Å². The van der Waals surface area contributed by atoms with E-state index >= 15 is 0 Å². The second-order valence-corrected chi connectivity index (χ2v) is 11.9. The molecule has 2 rings (SSSR count). The molecule has 2 saturated carbocycles. The van der Waals surface area contributed by atoms with Gasteiger partial charge in [0.05, 0.1) is 25.6 Å². The van der Waals surface area contributed by atoms with Gasteiger partial charge in [-0.25, -0.2) is 0 Å². The highest BCUT2D eigenvalue weighted by atomic mass is 16.5. The molecule has 2 fully saturated rings. The Morgan fingerprint density at radius 2 is 1.38 bits per heavy atom. The van der Waals surface area contributed by atoms with Crippen LogP contribution in [0.25, 0.3) is 0 Å². The van der Waals surface area contributed by atoms with E-state index in [0.29, 0.717) is 25.0 Å². The van der Waals surface area contributed by atoms with E-state index in [-0.39, 0.29) is 41.0 Å². The molecule has 2 aliphatic rings. The van der Waals surface area contributed by atoms with Crippen molar-refractivity contribution in [3.63, 3.8) is 0 Å². The molecule has 2 aliphatic carbocycles. The summed E-state index contributed by atoms with van der Waals surface area (Å²) in [4.78, 5) is 25.7. The fraction of sp³-hybridized carbons (Fsp3) is 0.920. The fourth-order valence-electron chi connectivity index (χ4n) is 5.00. The van der Waals surface area contributed by atoms with Crippen molar-refractivity contribution < 1.29 is 19.1 Å². The van der Waals surface area contributed by atoms with E-state index in [4.69, 9.17) is 9.47 Å². The Hall–Kier alpha value is -1.06. The van der Waals surface area contributed by atoms with Crippen molar-refractivity contribution in [2.24, 2.45) is 34.5 Å². The predicted molar refractivity (Wildman–Crippen MR) is 116 cm³/mol. The Kier molecular flexibility index (Phi) is 8.60. The standard InChI is InChI=1S/C25H44O4/c1-24(2,3)16-28-22(26)15-21(23(27)29-17-25(4,5)6)20-14-10-13-19(20)18-11-8-7-9-12-18/h18-21H,7-17H2,1-6H3. The smallest absolute Gasteiger partial charge is 0.309 e. The number of esters is 2. The van der Waals surface area contributed by atoms with Crippen molar-refractivity contribution in [2.45, 2.75) is 99.3 Å². The Morgan fingerprint density at radius 1 is 0.793 bits per heavy atom. The summed E-state index contributed by atoms with van der Waals surface area (Å²) in [6, 6.07) is 0. The van der Waals surface area contributed by atoms with Crippen LogP contribution in [-0.4, -0.2) is 25.2 Å². The Morgan fingerprint density at radius 3 is 1.97 bits per heavy atom. The zero-order valence-corrected chi connectivity index (χ0v) is 19.7. The van der Waals surface area contributed by atoms with Gasteiger partial charge < -0.3 is 9.47 Å². The van der Waals surface area contributed by atoms with Crippen LogP contribution in [0.3, 0.4) is 0 Å². The molecule has 4 heteroatoms. The Bertz CT molecular complexity index is 534. The van der Waals surface area contributed by atoms with Crippen LogP contribution >= 0.6 is 0 Å². The monoisotopic (exact) mass is 408 g/mol. The van der Waals surface area contributed by atoms with Gasteiger partial charge >= 0.3 is 11.9 Å². The molecule has 29 heavy (non-hydrogen) atoms. The van der Waals surface area contributed by atoms with Gasteiger partial charge in [-0.1, -0.05) is 80.1 Å². The number of carbonyl (C=O) groups excluding carboxylic acids is 2. The first-order valence-corrected chi connectivity index (χ1v) is 11.8. The average Bonchev–Trinajstić information content (AvgIpc) is 3.11. The molecule has 0 radical (unpaired) electrons. The molecule has 0 aromatic rings. The fourth-order valence-corrected chi connectivity index (χ4v) is 5.00. The predicted octanol–water partition coefficient (Wildman–Crippen LogP) is 6.17. The zero-order chi connectivity index (χ0) is 21.7. The van der Waals surface area contributed by atoms with Crippen molar-refractivity contribution >= 4 is 11.9 Å². The molecule has 0 aromatic carbocycles. The van der Waals surface area contributed by atoms with Crippen LogP contribution in [0.5, 0.6) is 0 Å². The number of hydrogen-bond donors (Lipinski definition) is 0. The van der Waals surface area contributed by atoms with Gasteiger partial charge in [0.15, 0.2) is 0 Å². The van der Waals surface area contributed by atoms with Crippen LogP contribution in [0.1, 0.15) is 99.3 Å². The van der Waals surface area contributed by atoms with E-state index in [1.54, 1.807) is 0 Å². The van der Waals surface area contributed by atoms with Crippen LogP contribution in [0.15, 0.2) is 0 Å². The van der Waals surface area contributed by atoms with Gasteiger partial charge in [-0.2, -0.15) is 0 Å². The molecule has 0 bridgehead atoms. The molecule has 3 unspecified atom stereocenters. The van der Waals surface area contributed by atoms with Gasteiger partial charge in [-0.05, 0) is 41.4 Å². The van der Waals surface area contributed by atoms with E-state index in [2.05, 4.69) is 20.8 Å². The maximum Gasteiger partial charge on any atom is 0.309 e. The van der Waals surface area contributed by atoms with Crippen molar-refractivity contribution in [1.29, 1.82) is 0 Å². The molecular formula is C25H44O4. The van der Waals surface area contributed by atoms with Crippen molar-refractivity contribution in [3.05, 3.63) is 0 Å². The summed E-state index contributed by atoms with van der Waals surface area (Å²) < 4.78 is 11.2. The summed E-state index contributed by atoms with van der Waals surface area (Å²) in [6.45, 7) is 13.1. The second kappa shape index (κ2) is 10.3. The summed E-state index contributed by atoms with van der Waals surface area (Å²) in [5.41, 5.74) is -0.151. The van der Waals surface area contributed by atoms with E-state index < -0.39 is 0 Å². The maximum absolute atomic E-state index is 13.1. The van der Waals surface area contributed by atoms with E-state index in [9.17, 15) is 9.59 Å². The highest BCUT2D eigenvalue weighted by Gasteiger charge is 2.43. The molecule has 0 amide bonds. The summed E-state index contributed by atoms with van der Waals surface area (Å²) in [5.74, 6) is 0.705. The SMILES string of the molecule is CC(C)(C)COC(=O)CC(C(=O)OCC(C)(C)C)C1CCCC1C1CCCCC1. The van der Waals surface area contributed by atoms with Crippen LogP contribution < -0.4 is 0 Å². The molecule has 0 aliphatic heterocycles. The minimum absolute atomic E-state index is 0.0735. The van der Waals surface area contributed by atoms with E-state index in [1.807, 2.05) is 20.8 Å². The molecule has 0 aromatic heterocycles. The van der Waals surface area contributed by atoms with Gasteiger partial charge in [0.25, 0.3) is 0 Å². The largest absolute Gasteiger partial charge is 0.465 e. The highest BCUT2D eigenvalue weighted by molar-refractivity contribution is 5.80. The lowest BCUT2D eigenvalue weighted by Gasteiger charge is -2.35. The van der Waals surface area contributed by atoms with Crippen molar-refractivity contribution in [2.75, 3.05) is 13.2 Å². The van der Waals surface area contributed by atoms with Crippen LogP contribution in [0.2, 0.25) is 0 Å². The maximum atomic E-state index is 13.1. The summed E-state index contributed by atoms with van der Waals surface area (Å²) in [6.07, 6.45) is 10.0. The minimum Gasteiger partial charge on any atom is -0.465 e. The van der Waals surface area contributed by atoms with Gasteiger partial charge in [0, 0.05) is 0 Å². The first-order valence-electron chi connectivity index (χ1n) is 11.8. The zero-order valence-electron chi connectivity index (χ0n) is 19.7. The van der Waals surface area contributed by atoms with Crippen LogP contribution in [0.4, 0.5) is 0 Å². The average molecular weight is 409 g/mol. The molecule has 3 atom stereocenters. The lowest BCUT2D eigenvalue weighted by molar-refractivity contribution is -0.161. The molecule has 0 spiro atoms. The third kappa shape index (κ3) is 8.30. The van der Waals surface area contributed by atoms with Crippen LogP contribution in [0, 0.1) is 34.5 Å². The summed E-state index contributed by atoms with van der Waals surface area (Å²) in [5, 5.41) is 0. The molecule has 168 valence electrons. The van der Waals surface area contributed by atoms with Gasteiger partial charge in [-0.3, -0.25) is 9.59 Å². The molecular weight excluding hydrogens is 364 g/mol. The minimum atomic E-state index is -0.362. The first kappa shape index (κ1) is 24.2. The summed E-state index contributed by atoms with van der Waals surface area (Å²) in [7, 11) is 0. The lowest BCUT2D eigenvalue weighted by Crippen LogP contribution is -2.35. The number of carbonyl (C=O) groups is 2. The molecule has 0 saturated heterocycles. The Balaban J connectivity index is 2.09. The highest BCUT2D eigenvalue weighted by Crippen LogP contribution is 2.47. The number of hydrogen-bond acceptors (Lipinski definition) is 4. The molecule has 4 nitrogen and oxygen atoms in total. The van der Waals surface area contributed by atoms with E-state index in [0.717, 1.165) is 12.8 Å². The third-order valence-corrected chi connectivity index (χ3v) is 6.40. The van der Waals surface area contributed by atoms with Gasteiger partial charge in [0.2, 0.25) is 0 Å². The topological polar surface area (TPSA) is 52.6 Å². The number of rotatable bonds is 7. The lowest BCUT2D eigenvalue weighted by atomic mass is 9.71. The van der Waals surface area contributed by atoms with Gasteiger partial charge in [-0.15, -0.1) is 0 Å². The van der Waals surface area contributed by atoms with Crippen molar-refractivity contribution in [1.82, 2.24) is 0 Å². The normalized spacial score (nSPS) is 24.9. The van der Waals surface area contributed by atoms with Crippen molar-refractivity contribution in [3.8, 4) is 0 Å². The number of ether oxygens (including phenoxy) is 2. The molecule has 0 N–H and O–H groups in total. The van der Waals surface area contributed by atoms with Gasteiger partial charge in [0.1, 0.15) is 0 Å². The van der Waals surface area contributed by atoms with Crippen LogP contribution in [-0.2, 0) is 19.1 Å².